The normalized spacial score (nSPS) is 14.8. The van der Waals surface area contributed by atoms with Crippen LogP contribution < -0.4 is 15.4 Å². The maximum atomic E-state index is 12.9. The molecule has 3 amide bonds. The number of carbonyl (C=O) groups is 3. The zero-order valence-electron chi connectivity index (χ0n) is 19.2. The summed E-state index contributed by atoms with van der Waals surface area (Å²) in [5.74, 6) is -0.130. The predicted molar refractivity (Wildman–Crippen MR) is 127 cm³/mol. The van der Waals surface area contributed by atoms with Gasteiger partial charge in [0.05, 0.1) is 7.11 Å². The fraction of sp³-hybridized carbons (Fsp3) is 0.346. The minimum Gasteiger partial charge on any atom is -0.497 e. The molecule has 3 rings (SSSR count). The summed E-state index contributed by atoms with van der Waals surface area (Å²) >= 11 is 0. The lowest BCUT2D eigenvalue weighted by atomic mass is 9.88. The van der Waals surface area contributed by atoms with Crippen molar-refractivity contribution in [3.8, 4) is 5.75 Å². The summed E-state index contributed by atoms with van der Waals surface area (Å²) in [6.45, 7) is 6.96. The SMILES string of the molecule is C=CCNC(=O)C(NC(=O)c1cccc(OC)c1)C1CCN(C(=O)c2cccc(C)c2)CC1. The summed E-state index contributed by atoms with van der Waals surface area (Å²) in [4.78, 5) is 40.5. The van der Waals surface area contributed by atoms with E-state index in [0.29, 0.717) is 49.4 Å². The second-order valence-electron chi connectivity index (χ2n) is 8.22. The topological polar surface area (TPSA) is 87.7 Å². The van der Waals surface area contributed by atoms with Crippen molar-refractivity contribution in [3.05, 3.63) is 77.9 Å². The lowest BCUT2D eigenvalue weighted by Crippen LogP contribution is -2.53. The molecule has 0 aromatic heterocycles. The maximum Gasteiger partial charge on any atom is 0.253 e. The third-order valence-electron chi connectivity index (χ3n) is 5.88. The molecule has 1 atom stereocenters. The van der Waals surface area contributed by atoms with Crippen LogP contribution in [0.5, 0.6) is 5.75 Å². The highest BCUT2D eigenvalue weighted by atomic mass is 16.5. The van der Waals surface area contributed by atoms with E-state index in [9.17, 15) is 14.4 Å². The highest BCUT2D eigenvalue weighted by molar-refractivity contribution is 5.98. The van der Waals surface area contributed by atoms with Gasteiger partial charge in [-0.05, 0) is 56.0 Å². The van der Waals surface area contributed by atoms with Crippen LogP contribution in [-0.4, -0.2) is 55.4 Å². The van der Waals surface area contributed by atoms with Crippen LogP contribution in [-0.2, 0) is 4.79 Å². The smallest absolute Gasteiger partial charge is 0.253 e. The second-order valence-corrected chi connectivity index (χ2v) is 8.22. The molecule has 1 saturated heterocycles. The number of hydrogen-bond donors (Lipinski definition) is 2. The molecule has 2 aromatic carbocycles. The van der Waals surface area contributed by atoms with Crippen LogP contribution in [0.2, 0.25) is 0 Å². The molecule has 174 valence electrons. The van der Waals surface area contributed by atoms with Gasteiger partial charge in [-0.15, -0.1) is 6.58 Å². The van der Waals surface area contributed by atoms with Crippen LogP contribution in [0, 0.1) is 12.8 Å². The van der Waals surface area contributed by atoms with Crippen LogP contribution in [0.15, 0.2) is 61.2 Å². The Morgan fingerprint density at radius 1 is 1.12 bits per heavy atom. The van der Waals surface area contributed by atoms with Crippen molar-refractivity contribution < 1.29 is 19.1 Å². The number of benzene rings is 2. The molecule has 1 aliphatic heterocycles. The van der Waals surface area contributed by atoms with Gasteiger partial charge in [-0.3, -0.25) is 14.4 Å². The summed E-state index contributed by atoms with van der Waals surface area (Å²) in [5.41, 5.74) is 2.12. The van der Waals surface area contributed by atoms with Gasteiger partial charge in [-0.1, -0.05) is 29.8 Å². The van der Waals surface area contributed by atoms with Gasteiger partial charge in [0.1, 0.15) is 11.8 Å². The average Bonchev–Trinajstić information content (AvgIpc) is 2.85. The lowest BCUT2D eigenvalue weighted by molar-refractivity contribution is -0.124. The number of methoxy groups -OCH3 is 1. The van der Waals surface area contributed by atoms with Gasteiger partial charge in [0.15, 0.2) is 0 Å². The fourth-order valence-electron chi connectivity index (χ4n) is 4.07. The largest absolute Gasteiger partial charge is 0.497 e. The summed E-state index contributed by atoms with van der Waals surface area (Å²) < 4.78 is 5.20. The first-order chi connectivity index (χ1) is 15.9. The van der Waals surface area contributed by atoms with Crippen molar-refractivity contribution in [2.45, 2.75) is 25.8 Å². The molecule has 0 saturated carbocycles. The quantitative estimate of drug-likeness (QED) is 0.607. The molecule has 2 N–H and O–H groups in total. The molecular weight excluding hydrogens is 418 g/mol. The molecular formula is C26H31N3O4. The van der Waals surface area contributed by atoms with E-state index in [1.54, 1.807) is 30.3 Å². The molecule has 0 bridgehead atoms. The summed E-state index contributed by atoms with van der Waals surface area (Å²) in [7, 11) is 1.54. The Balaban J connectivity index is 1.69. The number of nitrogens with zero attached hydrogens (tertiary/aromatic N) is 1. The molecule has 7 heteroatoms. The monoisotopic (exact) mass is 449 g/mol. The molecule has 1 unspecified atom stereocenters. The van der Waals surface area contributed by atoms with Gasteiger partial charge in [-0.2, -0.15) is 0 Å². The first-order valence-corrected chi connectivity index (χ1v) is 11.1. The van der Waals surface area contributed by atoms with Gasteiger partial charge in [-0.25, -0.2) is 0 Å². The van der Waals surface area contributed by atoms with Crippen molar-refractivity contribution in [2.24, 2.45) is 5.92 Å². The van der Waals surface area contributed by atoms with E-state index in [4.69, 9.17) is 4.74 Å². The first-order valence-electron chi connectivity index (χ1n) is 11.1. The Hall–Kier alpha value is -3.61. The van der Waals surface area contributed by atoms with Crippen molar-refractivity contribution >= 4 is 17.7 Å². The van der Waals surface area contributed by atoms with E-state index in [-0.39, 0.29) is 23.6 Å². The molecule has 1 heterocycles. The zero-order valence-corrected chi connectivity index (χ0v) is 19.2. The van der Waals surface area contributed by atoms with Crippen molar-refractivity contribution in [1.82, 2.24) is 15.5 Å². The van der Waals surface area contributed by atoms with E-state index in [1.807, 2.05) is 36.1 Å². The minimum absolute atomic E-state index is 0.00905. The number of likely N-dealkylation sites (tertiary alicyclic amines) is 1. The summed E-state index contributed by atoms with van der Waals surface area (Å²) in [6.07, 6.45) is 2.83. The number of carbonyl (C=O) groups excluding carboxylic acids is 3. The Kier molecular flexibility index (Phi) is 8.24. The number of amides is 3. The Morgan fingerprint density at radius 2 is 1.82 bits per heavy atom. The third kappa shape index (κ3) is 6.22. The van der Waals surface area contributed by atoms with Gasteiger partial charge >= 0.3 is 0 Å². The van der Waals surface area contributed by atoms with Crippen LogP contribution in [0.4, 0.5) is 0 Å². The molecule has 1 fully saturated rings. The van der Waals surface area contributed by atoms with E-state index in [2.05, 4.69) is 17.2 Å². The number of hydrogen-bond acceptors (Lipinski definition) is 4. The highest BCUT2D eigenvalue weighted by Gasteiger charge is 2.34. The van der Waals surface area contributed by atoms with Gasteiger partial charge in [0.2, 0.25) is 5.91 Å². The second kappa shape index (κ2) is 11.3. The van der Waals surface area contributed by atoms with E-state index < -0.39 is 6.04 Å². The summed E-state index contributed by atoms with van der Waals surface area (Å²) in [6, 6.07) is 13.6. The van der Waals surface area contributed by atoms with Crippen molar-refractivity contribution in [2.75, 3.05) is 26.7 Å². The van der Waals surface area contributed by atoms with Gasteiger partial charge in [0, 0.05) is 30.8 Å². The number of rotatable bonds is 8. The molecule has 7 nitrogen and oxygen atoms in total. The predicted octanol–water partition coefficient (Wildman–Crippen LogP) is 2.96. The highest BCUT2D eigenvalue weighted by Crippen LogP contribution is 2.23. The lowest BCUT2D eigenvalue weighted by Gasteiger charge is -2.36. The van der Waals surface area contributed by atoms with Crippen molar-refractivity contribution in [1.29, 1.82) is 0 Å². The number of aryl methyl sites for hydroxylation is 1. The molecule has 33 heavy (non-hydrogen) atoms. The molecule has 0 radical (unpaired) electrons. The van der Waals surface area contributed by atoms with E-state index in [1.165, 1.54) is 7.11 Å². The standard InChI is InChI=1S/C26H31N3O4/c1-4-13-27-25(31)23(28-24(30)20-8-6-10-22(17-20)33-3)19-11-14-29(15-12-19)26(32)21-9-5-7-18(2)16-21/h4-10,16-17,19,23H,1,11-15H2,2-3H3,(H,27,31)(H,28,30). The van der Waals surface area contributed by atoms with Crippen LogP contribution in [0.3, 0.4) is 0 Å². The Labute approximate surface area is 194 Å². The van der Waals surface area contributed by atoms with Crippen LogP contribution in [0.25, 0.3) is 0 Å². The van der Waals surface area contributed by atoms with E-state index in [0.717, 1.165) is 5.56 Å². The van der Waals surface area contributed by atoms with Gasteiger partial charge < -0.3 is 20.3 Å². The summed E-state index contributed by atoms with van der Waals surface area (Å²) in [5, 5.41) is 5.70. The zero-order chi connectivity index (χ0) is 23.8. The first kappa shape index (κ1) is 24.0. The third-order valence-corrected chi connectivity index (χ3v) is 5.88. The average molecular weight is 450 g/mol. The molecule has 1 aliphatic rings. The van der Waals surface area contributed by atoms with Crippen LogP contribution >= 0.6 is 0 Å². The molecule has 2 aromatic rings. The molecule has 0 spiro atoms. The number of nitrogens with one attached hydrogen (secondary N) is 2. The number of ether oxygens (including phenoxy) is 1. The van der Waals surface area contributed by atoms with Crippen LogP contribution in [0.1, 0.15) is 39.1 Å². The van der Waals surface area contributed by atoms with Gasteiger partial charge in [0.25, 0.3) is 11.8 Å². The maximum absolute atomic E-state index is 12.9. The fourth-order valence-corrected chi connectivity index (χ4v) is 4.07. The Morgan fingerprint density at radius 3 is 2.48 bits per heavy atom. The number of piperidine rings is 1. The Bertz CT molecular complexity index is 1010. The minimum atomic E-state index is -0.708. The molecule has 0 aliphatic carbocycles. The van der Waals surface area contributed by atoms with Crippen molar-refractivity contribution in [3.63, 3.8) is 0 Å². The van der Waals surface area contributed by atoms with E-state index >= 15 is 0 Å².